The molecule has 2 saturated heterocycles. The van der Waals surface area contributed by atoms with E-state index in [9.17, 15) is 18.8 Å². The Kier molecular flexibility index (Phi) is 7.09. The molecule has 0 spiro atoms. The van der Waals surface area contributed by atoms with Gasteiger partial charge in [-0.3, -0.25) is 14.5 Å². The summed E-state index contributed by atoms with van der Waals surface area (Å²) in [4.78, 5) is 41.6. The Morgan fingerprint density at radius 3 is 2.48 bits per heavy atom. The van der Waals surface area contributed by atoms with Crippen molar-refractivity contribution in [3.8, 4) is 11.1 Å². The van der Waals surface area contributed by atoms with Gasteiger partial charge in [0.25, 0.3) is 0 Å². The van der Waals surface area contributed by atoms with E-state index in [1.807, 2.05) is 9.80 Å². The van der Waals surface area contributed by atoms with Gasteiger partial charge in [-0.25, -0.2) is 9.18 Å². The van der Waals surface area contributed by atoms with Gasteiger partial charge in [-0.2, -0.15) is 4.74 Å². The standard InChI is InChI=1S/C22H28FN5O5/c1-16(29)24-15-28-13-18(22(31)33-28)17-2-3-20(19(23)12-17)26-4-6-27(7-5-26)21(30)14-25-8-10-32-11-9-25/h2-3,12-13H,4-11,14-15H2,1H3,(H,24,29). The first-order chi connectivity index (χ1) is 15.9. The van der Waals surface area contributed by atoms with E-state index in [1.165, 1.54) is 23.9 Å². The van der Waals surface area contributed by atoms with Gasteiger partial charge >= 0.3 is 5.63 Å². The van der Waals surface area contributed by atoms with Crippen LogP contribution in [0.25, 0.3) is 11.1 Å². The Balaban J connectivity index is 1.36. The molecule has 0 radical (unpaired) electrons. The van der Waals surface area contributed by atoms with Crippen LogP contribution in [0.5, 0.6) is 0 Å². The highest BCUT2D eigenvalue weighted by Crippen LogP contribution is 2.26. The van der Waals surface area contributed by atoms with Crippen molar-refractivity contribution in [1.29, 1.82) is 0 Å². The van der Waals surface area contributed by atoms with Crippen molar-refractivity contribution in [2.75, 3.05) is 63.9 Å². The van der Waals surface area contributed by atoms with Crippen molar-refractivity contribution in [3.05, 3.63) is 40.6 Å². The number of benzene rings is 1. The molecule has 10 nitrogen and oxygen atoms in total. The van der Waals surface area contributed by atoms with Crippen molar-refractivity contribution in [2.45, 2.75) is 13.6 Å². The molecule has 2 aliphatic rings. The Morgan fingerprint density at radius 2 is 1.82 bits per heavy atom. The zero-order chi connectivity index (χ0) is 23.4. The van der Waals surface area contributed by atoms with E-state index in [-0.39, 0.29) is 24.0 Å². The molecule has 33 heavy (non-hydrogen) atoms. The lowest BCUT2D eigenvalue weighted by Gasteiger charge is -2.37. The minimum atomic E-state index is -0.611. The molecule has 2 aromatic rings. The molecule has 2 fully saturated rings. The number of hydrogen-bond acceptors (Lipinski definition) is 7. The van der Waals surface area contributed by atoms with Crippen LogP contribution in [0.2, 0.25) is 0 Å². The van der Waals surface area contributed by atoms with Crippen LogP contribution in [0.1, 0.15) is 6.92 Å². The lowest BCUT2D eigenvalue weighted by Crippen LogP contribution is -2.52. The number of amides is 2. The van der Waals surface area contributed by atoms with Crippen LogP contribution < -0.4 is 15.8 Å². The first-order valence-corrected chi connectivity index (χ1v) is 11.0. The number of rotatable bonds is 6. The second-order valence-corrected chi connectivity index (χ2v) is 8.15. The number of halogens is 1. The van der Waals surface area contributed by atoms with E-state index < -0.39 is 11.4 Å². The summed E-state index contributed by atoms with van der Waals surface area (Å²) in [6, 6.07) is 4.62. The highest BCUT2D eigenvalue weighted by Gasteiger charge is 2.25. The average molecular weight is 461 g/mol. The maximum absolute atomic E-state index is 14.9. The number of carbonyl (C=O) groups is 2. The number of nitrogens with one attached hydrogen (secondary N) is 1. The molecule has 0 saturated carbocycles. The number of piperazine rings is 1. The van der Waals surface area contributed by atoms with E-state index in [0.717, 1.165) is 13.1 Å². The van der Waals surface area contributed by atoms with E-state index in [0.29, 0.717) is 57.2 Å². The monoisotopic (exact) mass is 461 g/mol. The molecule has 0 atom stereocenters. The van der Waals surface area contributed by atoms with Gasteiger partial charge in [0.2, 0.25) is 11.8 Å². The Labute approximate surface area is 190 Å². The van der Waals surface area contributed by atoms with Crippen LogP contribution in [-0.4, -0.2) is 85.4 Å². The summed E-state index contributed by atoms with van der Waals surface area (Å²) in [7, 11) is 0. The third kappa shape index (κ3) is 5.60. The van der Waals surface area contributed by atoms with Crippen molar-refractivity contribution in [2.24, 2.45) is 0 Å². The van der Waals surface area contributed by atoms with Gasteiger partial charge in [0, 0.05) is 46.2 Å². The molecule has 3 heterocycles. The van der Waals surface area contributed by atoms with E-state index in [4.69, 9.17) is 9.26 Å². The highest BCUT2D eigenvalue weighted by atomic mass is 19.1. The number of nitrogens with zero attached hydrogens (tertiary/aromatic N) is 4. The summed E-state index contributed by atoms with van der Waals surface area (Å²) in [6.45, 7) is 6.69. The van der Waals surface area contributed by atoms with Crippen molar-refractivity contribution < 1.29 is 23.2 Å². The quantitative estimate of drug-likeness (QED) is 0.662. The second-order valence-electron chi connectivity index (χ2n) is 8.15. The highest BCUT2D eigenvalue weighted by molar-refractivity contribution is 5.78. The Hall–Kier alpha value is -3.18. The van der Waals surface area contributed by atoms with Gasteiger partial charge in [0.15, 0.2) is 0 Å². The maximum atomic E-state index is 14.9. The number of aromatic nitrogens is 1. The van der Waals surface area contributed by atoms with Crippen molar-refractivity contribution in [1.82, 2.24) is 19.9 Å². The van der Waals surface area contributed by atoms with Gasteiger partial charge in [0.1, 0.15) is 12.5 Å². The molecule has 0 bridgehead atoms. The number of ether oxygens (including phenoxy) is 1. The van der Waals surface area contributed by atoms with Gasteiger partial charge in [0.05, 0.1) is 37.2 Å². The fourth-order valence-electron chi connectivity index (χ4n) is 4.02. The van der Waals surface area contributed by atoms with Gasteiger partial charge in [-0.05, 0) is 17.7 Å². The minimum absolute atomic E-state index is 0.0136. The molecular formula is C22H28FN5O5. The summed E-state index contributed by atoms with van der Waals surface area (Å²) in [5, 5.41) is 2.53. The smallest absolute Gasteiger partial charge is 0.365 e. The molecule has 2 aliphatic heterocycles. The van der Waals surface area contributed by atoms with Gasteiger partial charge < -0.3 is 24.4 Å². The molecule has 1 aromatic heterocycles. The number of morpholine rings is 1. The molecule has 0 unspecified atom stereocenters. The lowest BCUT2D eigenvalue weighted by molar-refractivity contribution is -0.133. The number of carbonyl (C=O) groups excluding carboxylic acids is 2. The maximum Gasteiger partial charge on any atom is 0.365 e. The molecular weight excluding hydrogens is 433 g/mol. The van der Waals surface area contributed by atoms with Crippen LogP contribution in [0.15, 0.2) is 33.7 Å². The SMILES string of the molecule is CC(=O)NCn1cc(-c2ccc(N3CCN(C(=O)CN4CCOCC4)CC3)c(F)c2)c(=O)o1. The fraction of sp³-hybridized carbons (Fsp3) is 0.500. The van der Waals surface area contributed by atoms with Crippen LogP contribution in [-0.2, 0) is 21.0 Å². The second kappa shape index (κ2) is 10.2. The van der Waals surface area contributed by atoms with Gasteiger partial charge in [-0.15, -0.1) is 0 Å². The van der Waals surface area contributed by atoms with Crippen LogP contribution in [0, 0.1) is 5.82 Å². The van der Waals surface area contributed by atoms with E-state index in [1.54, 1.807) is 12.1 Å². The Bertz CT molecular complexity index is 1050. The minimum Gasteiger partial charge on any atom is -0.379 e. The molecule has 178 valence electrons. The summed E-state index contributed by atoms with van der Waals surface area (Å²) >= 11 is 0. The topological polar surface area (TPSA) is 100 Å². The van der Waals surface area contributed by atoms with Crippen molar-refractivity contribution in [3.63, 3.8) is 0 Å². The van der Waals surface area contributed by atoms with E-state index in [2.05, 4.69) is 10.2 Å². The fourth-order valence-corrected chi connectivity index (χ4v) is 4.02. The van der Waals surface area contributed by atoms with Crippen LogP contribution in [0.3, 0.4) is 0 Å². The molecule has 2 amide bonds. The number of hydrogen-bond donors (Lipinski definition) is 1. The number of anilines is 1. The van der Waals surface area contributed by atoms with Crippen LogP contribution >= 0.6 is 0 Å². The van der Waals surface area contributed by atoms with Crippen LogP contribution in [0.4, 0.5) is 10.1 Å². The normalized spacial score (nSPS) is 17.3. The summed E-state index contributed by atoms with van der Waals surface area (Å²) in [5.74, 6) is -0.622. The lowest BCUT2D eigenvalue weighted by atomic mass is 10.1. The summed E-state index contributed by atoms with van der Waals surface area (Å²) in [5.41, 5.74) is 0.427. The summed E-state index contributed by atoms with van der Waals surface area (Å²) < 4.78 is 26.5. The zero-order valence-electron chi connectivity index (χ0n) is 18.6. The summed E-state index contributed by atoms with van der Waals surface area (Å²) in [6.07, 6.45) is 1.44. The van der Waals surface area contributed by atoms with Crippen molar-refractivity contribution >= 4 is 17.5 Å². The van der Waals surface area contributed by atoms with Gasteiger partial charge in [-0.1, -0.05) is 6.07 Å². The predicted octanol–water partition coefficient (Wildman–Crippen LogP) is 0.322. The molecule has 0 aliphatic carbocycles. The first kappa shape index (κ1) is 23.0. The Morgan fingerprint density at radius 1 is 1.09 bits per heavy atom. The zero-order valence-corrected chi connectivity index (χ0v) is 18.6. The third-order valence-electron chi connectivity index (χ3n) is 5.87. The largest absolute Gasteiger partial charge is 0.379 e. The molecule has 1 aromatic carbocycles. The first-order valence-electron chi connectivity index (χ1n) is 11.0. The molecule has 4 rings (SSSR count). The average Bonchev–Trinajstić information content (AvgIpc) is 3.19. The van der Waals surface area contributed by atoms with E-state index >= 15 is 0 Å². The molecule has 11 heteroatoms. The molecule has 1 N–H and O–H groups in total. The third-order valence-corrected chi connectivity index (χ3v) is 5.87. The predicted molar refractivity (Wildman–Crippen MR) is 118 cm³/mol.